The van der Waals surface area contributed by atoms with Crippen LogP contribution in [0.3, 0.4) is 0 Å². The van der Waals surface area contributed by atoms with Crippen LogP contribution in [-0.2, 0) is 7.05 Å². The van der Waals surface area contributed by atoms with Crippen LogP contribution in [0.4, 0.5) is 5.82 Å². The van der Waals surface area contributed by atoms with Crippen molar-refractivity contribution in [3.05, 3.63) is 45.2 Å². The monoisotopic (exact) mass is 367 g/mol. The third-order valence-electron chi connectivity index (χ3n) is 3.01. The number of anilines is 1. The van der Waals surface area contributed by atoms with Gasteiger partial charge in [0, 0.05) is 11.5 Å². The maximum absolute atomic E-state index is 6.19. The van der Waals surface area contributed by atoms with Gasteiger partial charge in [0.05, 0.1) is 14.8 Å². The molecule has 0 saturated heterocycles. The normalized spacial score (nSPS) is 10.9. The lowest BCUT2D eigenvalue weighted by molar-refractivity contribution is 0.783. The Morgan fingerprint density at radius 3 is 2.75 bits per heavy atom. The number of thiophene rings is 1. The van der Waals surface area contributed by atoms with Crippen LogP contribution in [0.1, 0.15) is 0 Å². The van der Waals surface area contributed by atoms with Gasteiger partial charge in [-0.1, -0.05) is 39.7 Å². The lowest BCUT2D eigenvalue weighted by atomic mass is 10.0. The van der Waals surface area contributed by atoms with E-state index in [2.05, 4.69) is 21.0 Å². The Balaban J connectivity index is 2.24. The Morgan fingerprint density at radius 2 is 2.10 bits per heavy atom. The van der Waals surface area contributed by atoms with Gasteiger partial charge in [0.2, 0.25) is 0 Å². The molecule has 2 N–H and O–H groups in total. The molecule has 1 aromatic carbocycles. The molecule has 0 amide bonds. The van der Waals surface area contributed by atoms with Crippen LogP contribution in [0.5, 0.6) is 0 Å². The highest BCUT2D eigenvalue weighted by Crippen LogP contribution is 2.40. The quantitative estimate of drug-likeness (QED) is 0.705. The molecular weight excluding hydrogens is 358 g/mol. The van der Waals surface area contributed by atoms with Crippen LogP contribution in [0.2, 0.25) is 4.34 Å². The van der Waals surface area contributed by atoms with Gasteiger partial charge in [-0.15, -0.1) is 11.3 Å². The average Bonchev–Trinajstić information content (AvgIpc) is 2.95. The molecule has 0 aliphatic carbocycles. The molecule has 0 saturated carbocycles. The van der Waals surface area contributed by atoms with Crippen molar-refractivity contribution >= 4 is 44.7 Å². The molecule has 102 valence electrons. The fourth-order valence-corrected chi connectivity index (χ4v) is 3.51. The molecule has 3 aromatic rings. The fourth-order valence-electron chi connectivity index (χ4n) is 2.08. The predicted octanol–water partition coefficient (Wildman–Crippen LogP) is 4.81. The number of hydrogen-bond acceptors (Lipinski definition) is 3. The molecule has 0 atom stereocenters. The van der Waals surface area contributed by atoms with Gasteiger partial charge in [0.1, 0.15) is 11.5 Å². The van der Waals surface area contributed by atoms with E-state index in [9.17, 15) is 0 Å². The number of nitrogens with zero attached hydrogens (tertiary/aromatic N) is 2. The van der Waals surface area contributed by atoms with E-state index < -0.39 is 0 Å². The van der Waals surface area contributed by atoms with Gasteiger partial charge in [-0.25, -0.2) is 0 Å². The maximum Gasteiger partial charge on any atom is 0.129 e. The number of aromatic nitrogens is 2. The van der Waals surface area contributed by atoms with Crippen molar-refractivity contribution in [3.8, 4) is 21.7 Å². The van der Waals surface area contributed by atoms with Gasteiger partial charge >= 0.3 is 0 Å². The van der Waals surface area contributed by atoms with Crippen molar-refractivity contribution in [1.29, 1.82) is 0 Å². The zero-order chi connectivity index (χ0) is 14.3. The molecule has 2 aromatic heterocycles. The maximum atomic E-state index is 6.19. The second kappa shape index (κ2) is 5.24. The summed E-state index contributed by atoms with van der Waals surface area (Å²) in [5.74, 6) is 0.641. The number of benzene rings is 1. The summed E-state index contributed by atoms with van der Waals surface area (Å²) in [6.45, 7) is 0. The molecule has 0 spiro atoms. The van der Waals surface area contributed by atoms with E-state index in [4.69, 9.17) is 17.3 Å². The average molecular weight is 369 g/mol. The molecule has 0 unspecified atom stereocenters. The second-order valence-electron chi connectivity index (χ2n) is 4.35. The molecule has 0 bridgehead atoms. The number of nitrogen functional groups attached to an aromatic ring is 1. The van der Waals surface area contributed by atoms with Crippen molar-refractivity contribution in [2.24, 2.45) is 7.05 Å². The van der Waals surface area contributed by atoms with E-state index in [-0.39, 0.29) is 0 Å². The Labute approximate surface area is 134 Å². The third-order valence-corrected chi connectivity index (χ3v) is 4.74. The first-order valence-electron chi connectivity index (χ1n) is 5.90. The Hall–Kier alpha value is -1.30. The molecule has 0 aliphatic rings. The molecule has 3 rings (SSSR count). The summed E-state index contributed by atoms with van der Waals surface area (Å²) in [5.41, 5.74) is 9.02. The van der Waals surface area contributed by atoms with Crippen molar-refractivity contribution < 1.29 is 0 Å². The lowest BCUT2D eigenvalue weighted by Gasteiger charge is -2.03. The molecule has 0 aliphatic heterocycles. The predicted molar refractivity (Wildman–Crippen MR) is 89.1 cm³/mol. The Morgan fingerprint density at radius 1 is 1.30 bits per heavy atom. The van der Waals surface area contributed by atoms with Gasteiger partial charge < -0.3 is 5.73 Å². The number of rotatable bonds is 2. The van der Waals surface area contributed by atoms with Crippen LogP contribution < -0.4 is 5.73 Å². The Bertz CT molecular complexity index is 779. The van der Waals surface area contributed by atoms with Crippen molar-refractivity contribution in [2.45, 2.75) is 0 Å². The molecule has 3 nitrogen and oxygen atoms in total. The van der Waals surface area contributed by atoms with Gasteiger partial charge in [0.25, 0.3) is 0 Å². The minimum absolute atomic E-state index is 0.641. The van der Waals surface area contributed by atoms with E-state index in [1.165, 1.54) is 11.3 Å². The standard InChI is InChI=1S/C14H11BrClN3S/c1-19-14(17)12(8-3-2-4-9(15)7-8)13(18-19)10-5-6-11(16)20-10/h2-7H,17H2,1H3. The zero-order valence-corrected chi connectivity index (χ0v) is 13.8. The van der Waals surface area contributed by atoms with Gasteiger partial charge in [0.15, 0.2) is 0 Å². The second-order valence-corrected chi connectivity index (χ2v) is 6.98. The van der Waals surface area contributed by atoms with E-state index in [0.29, 0.717) is 5.82 Å². The first-order chi connectivity index (χ1) is 9.56. The van der Waals surface area contributed by atoms with Gasteiger partial charge in [-0.05, 0) is 29.8 Å². The van der Waals surface area contributed by atoms with Crippen LogP contribution in [0.25, 0.3) is 21.7 Å². The molecular formula is C14H11BrClN3S. The SMILES string of the molecule is Cn1nc(-c2ccc(Cl)s2)c(-c2cccc(Br)c2)c1N. The lowest BCUT2D eigenvalue weighted by Crippen LogP contribution is -1.97. The summed E-state index contributed by atoms with van der Waals surface area (Å²) in [4.78, 5) is 1.01. The summed E-state index contributed by atoms with van der Waals surface area (Å²) >= 11 is 11.0. The van der Waals surface area contributed by atoms with Crippen molar-refractivity contribution in [3.63, 3.8) is 0 Å². The molecule has 0 fully saturated rings. The highest BCUT2D eigenvalue weighted by atomic mass is 79.9. The molecule has 6 heteroatoms. The number of halogens is 2. The fraction of sp³-hybridized carbons (Fsp3) is 0.0714. The van der Waals surface area contributed by atoms with E-state index in [1.807, 2.05) is 43.4 Å². The summed E-state index contributed by atoms with van der Waals surface area (Å²) < 4.78 is 3.44. The van der Waals surface area contributed by atoms with Crippen LogP contribution in [0, 0.1) is 0 Å². The first kappa shape index (κ1) is 13.7. The topological polar surface area (TPSA) is 43.8 Å². The summed E-state index contributed by atoms with van der Waals surface area (Å²) in [7, 11) is 1.84. The van der Waals surface area contributed by atoms with E-state index >= 15 is 0 Å². The largest absolute Gasteiger partial charge is 0.383 e. The van der Waals surface area contributed by atoms with Crippen LogP contribution in [-0.4, -0.2) is 9.78 Å². The highest BCUT2D eigenvalue weighted by Gasteiger charge is 2.18. The summed E-state index contributed by atoms with van der Waals surface area (Å²) in [6, 6.07) is 11.9. The van der Waals surface area contributed by atoms with Crippen LogP contribution >= 0.6 is 38.9 Å². The van der Waals surface area contributed by atoms with Crippen molar-refractivity contribution in [1.82, 2.24) is 9.78 Å². The molecule has 2 heterocycles. The van der Waals surface area contributed by atoms with Crippen LogP contribution in [0.15, 0.2) is 40.9 Å². The number of hydrogen-bond donors (Lipinski definition) is 1. The van der Waals surface area contributed by atoms with Crippen molar-refractivity contribution in [2.75, 3.05) is 5.73 Å². The molecule has 0 radical (unpaired) electrons. The Kier molecular flexibility index (Phi) is 3.58. The minimum Gasteiger partial charge on any atom is -0.383 e. The third kappa shape index (κ3) is 2.37. The van der Waals surface area contributed by atoms with Gasteiger partial charge in [-0.2, -0.15) is 5.10 Å². The van der Waals surface area contributed by atoms with E-state index in [1.54, 1.807) is 4.68 Å². The number of nitrogens with two attached hydrogens (primary N) is 1. The van der Waals surface area contributed by atoms with E-state index in [0.717, 1.165) is 30.5 Å². The summed E-state index contributed by atoms with van der Waals surface area (Å²) in [6.07, 6.45) is 0. The minimum atomic E-state index is 0.641. The van der Waals surface area contributed by atoms with Gasteiger partial charge in [-0.3, -0.25) is 4.68 Å². The number of aryl methyl sites for hydroxylation is 1. The first-order valence-corrected chi connectivity index (χ1v) is 7.89. The smallest absolute Gasteiger partial charge is 0.129 e. The molecule has 20 heavy (non-hydrogen) atoms. The summed E-state index contributed by atoms with van der Waals surface area (Å²) in [5, 5.41) is 4.53. The zero-order valence-electron chi connectivity index (χ0n) is 10.6. The highest BCUT2D eigenvalue weighted by molar-refractivity contribution is 9.10.